The Morgan fingerprint density at radius 1 is 0.449 bits per heavy atom. The number of ether oxygens (including phenoxy) is 4. The van der Waals surface area contributed by atoms with Crippen molar-refractivity contribution in [3.05, 3.63) is 109 Å². The molecule has 0 saturated carbocycles. The van der Waals surface area contributed by atoms with Crippen molar-refractivity contribution < 1.29 is 42.9 Å². The van der Waals surface area contributed by atoms with E-state index in [0.29, 0.717) is 23.9 Å². The van der Waals surface area contributed by atoms with Crippen LogP contribution in [-0.4, -0.2) is 82.3 Å². The van der Waals surface area contributed by atoms with Gasteiger partial charge in [0, 0.05) is 12.8 Å². The minimum absolute atomic E-state index is 0.133. The largest absolute Gasteiger partial charge is 0.545 e. The number of carboxylic acid groups (broad SMARTS) is 1. The molecule has 2 unspecified atom stereocenters. The van der Waals surface area contributed by atoms with Crippen molar-refractivity contribution in [3.63, 3.8) is 0 Å². The van der Waals surface area contributed by atoms with E-state index in [2.05, 4.69) is 123 Å². The molecule has 0 aromatic rings. The lowest BCUT2D eigenvalue weighted by Gasteiger charge is -2.26. The van der Waals surface area contributed by atoms with Crippen LogP contribution in [0, 0.1) is 0 Å². The molecule has 2 atom stereocenters. The van der Waals surface area contributed by atoms with Gasteiger partial charge in [0.05, 0.1) is 40.3 Å². The molecule has 0 aromatic carbocycles. The lowest BCUT2D eigenvalue weighted by Crippen LogP contribution is -2.44. The van der Waals surface area contributed by atoms with Crippen molar-refractivity contribution >= 4 is 17.9 Å². The molecule has 9 heteroatoms. The average Bonchev–Trinajstić information content (AvgIpc) is 3.31. The minimum Gasteiger partial charge on any atom is -0.545 e. The molecule has 0 saturated heterocycles. The molecule has 0 N–H and O–H groups in total. The molecule has 0 rings (SSSR count). The van der Waals surface area contributed by atoms with Gasteiger partial charge >= 0.3 is 11.9 Å². The van der Waals surface area contributed by atoms with Gasteiger partial charge in [-0.25, -0.2) is 0 Å². The maximum atomic E-state index is 12.8. The number of allylic oxidation sites excluding steroid dienone is 18. The second kappa shape index (κ2) is 50.3. The van der Waals surface area contributed by atoms with Crippen LogP contribution in [0.25, 0.3) is 0 Å². The van der Waals surface area contributed by atoms with Gasteiger partial charge in [-0.05, 0) is 103 Å². The molecule has 392 valence electrons. The van der Waals surface area contributed by atoms with Gasteiger partial charge in [0.25, 0.3) is 0 Å². The van der Waals surface area contributed by atoms with Gasteiger partial charge in [-0.2, -0.15) is 0 Å². The molecule has 0 fully saturated rings. The first-order chi connectivity index (χ1) is 33.6. The maximum Gasteiger partial charge on any atom is 0.306 e. The van der Waals surface area contributed by atoms with Crippen molar-refractivity contribution in [2.24, 2.45) is 0 Å². The van der Waals surface area contributed by atoms with Gasteiger partial charge in [0.2, 0.25) is 0 Å². The molecular weight excluding hydrogens is 863 g/mol. The number of nitrogens with zero attached hydrogens (tertiary/aromatic N) is 1. The number of hydrogen-bond donors (Lipinski definition) is 0. The SMILES string of the molecule is CC/C=C\C/C=C\C/C=C\C/C=C\C/C=C\C/C=C\CCCCCCC(=O)OC(COC(=O)CCCCCCCC/C=C\C/C=C\C/C=C\CCCCCCC)COC(OCC[N+](C)(C)C)C(=O)[O-]. The lowest BCUT2D eigenvalue weighted by molar-refractivity contribution is -0.870. The summed E-state index contributed by atoms with van der Waals surface area (Å²) < 4.78 is 22.6. The number of rotatable bonds is 48. The van der Waals surface area contributed by atoms with Crippen LogP contribution < -0.4 is 5.11 Å². The summed E-state index contributed by atoms with van der Waals surface area (Å²) in [5.74, 6) is -2.35. The van der Waals surface area contributed by atoms with Crippen molar-refractivity contribution in [3.8, 4) is 0 Å². The number of hydrogen-bond acceptors (Lipinski definition) is 8. The minimum atomic E-state index is -1.64. The zero-order chi connectivity index (χ0) is 50.6. The Morgan fingerprint density at radius 3 is 1.23 bits per heavy atom. The summed E-state index contributed by atoms with van der Waals surface area (Å²) in [5.41, 5.74) is 0. The second-order valence-corrected chi connectivity index (χ2v) is 18.8. The third-order valence-electron chi connectivity index (χ3n) is 11.0. The Hall–Kier alpha value is -4.05. The molecule has 0 radical (unpaired) electrons. The Morgan fingerprint density at radius 2 is 0.826 bits per heavy atom. The van der Waals surface area contributed by atoms with Gasteiger partial charge in [0.1, 0.15) is 13.2 Å². The van der Waals surface area contributed by atoms with E-state index in [1.807, 2.05) is 21.1 Å². The predicted octanol–water partition coefficient (Wildman–Crippen LogP) is 14.2. The third-order valence-corrected chi connectivity index (χ3v) is 11.0. The fourth-order valence-corrected chi connectivity index (χ4v) is 6.84. The number of carbonyl (C=O) groups is 3. The quantitative estimate of drug-likeness (QED) is 0.0195. The number of unbranched alkanes of at least 4 members (excludes halogenated alkanes) is 15. The number of carbonyl (C=O) groups excluding carboxylic acids is 3. The molecule has 0 aromatic heterocycles. The standard InChI is InChI=1S/C60H99NO8/c1-6-8-10-12-14-16-18-20-22-24-26-28-29-31-33-35-37-39-41-43-45-47-49-51-58(63)69-56(55-68-60(59(64)65)66-53-52-61(3,4)5)54-67-57(62)50-48-46-44-42-40-38-36-34-32-30-27-25-23-21-19-17-15-13-11-9-7-2/h8,10,14,16,19-22,25-28,31-34,37,39,56,60H,6-7,9,11-13,15,17-18,23-24,29-30,35-36,38,40-55H2,1-5H3/b10-8-,16-14-,21-19-,22-20-,27-25-,28-26-,33-31-,34-32-,39-37-. The monoisotopic (exact) mass is 962 g/mol. The molecule has 0 amide bonds. The van der Waals surface area contributed by atoms with Crippen LogP contribution in [0.3, 0.4) is 0 Å². The van der Waals surface area contributed by atoms with Crippen LogP contribution in [0.2, 0.25) is 0 Å². The Kier molecular flexibility index (Phi) is 47.4. The summed E-state index contributed by atoms with van der Waals surface area (Å²) in [7, 11) is 5.89. The highest BCUT2D eigenvalue weighted by atomic mass is 16.7. The van der Waals surface area contributed by atoms with Crippen LogP contribution in [0.4, 0.5) is 0 Å². The van der Waals surface area contributed by atoms with Crippen molar-refractivity contribution in [2.45, 2.75) is 206 Å². The zero-order valence-electron chi connectivity index (χ0n) is 44.4. The molecular formula is C60H99NO8. The lowest BCUT2D eigenvalue weighted by atomic mass is 10.1. The first-order valence-corrected chi connectivity index (χ1v) is 27.0. The first kappa shape index (κ1) is 65.0. The Balaban J connectivity index is 4.43. The zero-order valence-corrected chi connectivity index (χ0v) is 44.4. The van der Waals surface area contributed by atoms with Gasteiger partial charge < -0.3 is 33.3 Å². The van der Waals surface area contributed by atoms with E-state index in [0.717, 1.165) is 116 Å². The summed E-state index contributed by atoms with van der Waals surface area (Å²) in [6.07, 6.45) is 65.5. The number of esters is 2. The third kappa shape index (κ3) is 51.6. The van der Waals surface area contributed by atoms with Crippen molar-refractivity contribution in [2.75, 3.05) is 47.5 Å². The molecule has 69 heavy (non-hydrogen) atoms. The molecule has 0 aliphatic heterocycles. The fraction of sp³-hybridized carbons (Fsp3) is 0.650. The van der Waals surface area contributed by atoms with E-state index >= 15 is 0 Å². The fourth-order valence-electron chi connectivity index (χ4n) is 6.84. The molecule has 0 aliphatic rings. The second-order valence-electron chi connectivity index (χ2n) is 18.8. The van der Waals surface area contributed by atoms with Gasteiger partial charge in [-0.3, -0.25) is 9.59 Å². The molecule has 0 spiro atoms. The average molecular weight is 962 g/mol. The smallest absolute Gasteiger partial charge is 0.306 e. The van der Waals surface area contributed by atoms with E-state index in [-0.39, 0.29) is 38.6 Å². The molecule has 0 aliphatic carbocycles. The van der Waals surface area contributed by atoms with Crippen LogP contribution in [0.1, 0.15) is 194 Å². The van der Waals surface area contributed by atoms with Crippen LogP contribution >= 0.6 is 0 Å². The Bertz CT molecular complexity index is 1490. The van der Waals surface area contributed by atoms with Gasteiger partial charge in [0.15, 0.2) is 12.4 Å². The van der Waals surface area contributed by atoms with Gasteiger partial charge in [-0.1, -0.05) is 187 Å². The number of carboxylic acids is 1. The van der Waals surface area contributed by atoms with E-state index in [1.165, 1.54) is 38.5 Å². The van der Waals surface area contributed by atoms with Crippen LogP contribution in [0.15, 0.2) is 109 Å². The van der Waals surface area contributed by atoms with Crippen molar-refractivity contribution in [1.29, 1.82) is 0 Å². The number of likely N-dealkylation sites (N-methyl/N-ethyl adjacent to an activating group) is 1. The first-order valence-electron chi connectivity index (χ1n) is 27.0. The highest BCUT2D eigenvalue weighted by Crippen LogP contribution is 2.13. The van der Waals surface area contributed by atoms with Crippen molar-refractivity contribution in [1.82, 2.24) is 0 Å². The highest BCUT2D eigenvalue weighted by molar-refractivity contribution is 5.70. The predicted molar refractivity (Wildman–Crippen MR) is 287 cm³/mol. The van der Waals surface area contributed by atoms with E-state index < -0.39 is 24.3 Å². The van der Waals surface area contributed by atoms with E-state index in [1.54, 1.807) is 0 Å². The summed E-state index contributed by atoms with van der Waals surface area (Å²) in [4.78, 5) is 37.2. The van der Waals surface area contributed by atoms with Crippen LogP contribution in [-0.2, 0) is 33.3 Å². The summed E-state index contributed by atoms with van der Waals surface area (Å²) in [6.45, 7) is 4.55. The van der Waals surface area contributed by atoms with Crippen LogP contribution in [0.5, 0.6) is 0 Å². The molecule has 0 heterocycles. The van der Waals surface area contributed by atoms with E-state index in [4.69, 9.17) is 18.9 Å². The molecule has 0 bridgehead atoms. The molecule has 9 nitrogen and oxygen atoms in total. The van der Waals surface area contributed by atoms with Gasteiger partial charge in [-0.15, -0.1) is 0 Å². The number of aliphatic carboxylic acids is 1. The topological polar surface area (TPSA) is 111 Å². The maximum absolute atomic E-state index is 12.8. The summed E-state index contributed by atoms with van der Waals surface area (Å²) in [6, 6.07) is 0. The Labute approximate surface area is 422 Å². The normalized spacial score (nSPS) is 13.7. The summed E-state index contributed by atoms with van der Waals surface area (Å²) in [5, 5.41) is 11.8. The number of quaternary nitrogens is 1. The van der Waals surface area contributed by atoms with E-state index in [9.17, 15) is 19.5 Å². The highest BCUT2D eigenvalue weighted by Gasteiger charge is 2.21. The summed E-state index contributed by atoms with van der Waals surface area (Å²) >= 11 is 0.